The summed E-state index contributed by atoms with van der Waals surface area (Å²) in [5.74, 6) is 0.832. The Kier molecular flexibility index (Phi) is 4.17. The van der Waals surface area contributed by atoms with Crippen LogP contribution >= 0.6 is 45.8 Å². The minimum absolute atomic E-state index is 0.187. The third-order valence-corrected chi connectivity index (χ3v) is 4.75. The van der Waals surface area contributed by atoms with Gasteiger partial charge in [-0.1, -0.05) is 17.7 Å². The molecule has 0 N–H and O–H groups in total. The number of fused-ring (bicyclic) bond motifs is 1. The Labute approximate surface area is 147 Å². The third-order valence-electron chi connectivity index (χ3n) is 3.48. The van der Waals surface area contributed by atoms with Gasteiger partial charge in [-0.05, 0) is 72.3 Å². The first-order chi connectivity index (χ1) is 9.99. The minimum atomic E-state index is -0.187. The molecule has 3 rings (SSSR count). The molecule has 0 spiro atoms. The molecule has 0 radical (unpaired) electrons. The van der Waals surface area contributed by atoms with Gasteiger partial charge in [0, 0.05) is 8.59 Å². The number of rotatable bonds is 2. The molecule has 1 heterocycles. The molecule has 5 heteroatoms. The van der Waals surface area contributed by atoms with Crippen LogP contribution in [0.1, 0.15) is 23.7 Å². The van der Waals surface area contributed by atoms with E-state index in [2.05, 4.69) is 45.4 Å². The Bertz CT molecular complexity index is 825. The van der Waals surface area contributed by atoms with E-state index in [4.69, 9.17) is 28.2 Å². The average molecular weight is 431 g/mol. The molecule has 0 aliphatic heterocycles. The van der Waals surface area contributed by atoms with Gasteiger partial charge in [-0.2, -0.15) is 0 Å². The molecule has 3 aromatic rings. The molecule has 1 atom stereocenters. The molecule has 0 bridgehead atoms. The van der Waals surface area contributed by atoms with Crippen molar-refractivity contribution >= 4 is 56.8 Å². The number of aromatic nitrogens is 2. The number of hydrogen-bond donors (Lipinski definition) is 0. The predicted molar refractivity (Wildman–Crippen MR) is 97.8 cm³/mol. The Morgan fingerprint density at radius 2 is 2.00 bits per heavy atom. The molecule has 2 aromatic carbocycles. The summed E-state index contributed by atoms with van der Waals surface area (Å²) in [5, 5.41) is 0.557. The van der Waals surface area contributed by atoms with E-state index < -0.39 is 0 Å². The summed E-state index contributed by atoms with van der Waals surface area (Å²) in [7, 11) is 0. The molecule has 2 nitrogen and oxygen atoms in total. The highest BCUT2D eigenvalue weighted by atomic mass is 127. The molecule has 0 aliphatic carbocycles. The van der Waals surface area contributed by atoms with Gasteiger partial charge < -0.3 is 0 Å². The average Bonchev–Trinajstić information content (AvgIpc) is 2.80. The summed E-state index contributed by atoms with van der Waals surface area (Å²) in [6.07, 6.45) is 0. The van der Waals surface area contributed by atoms with E-state index in [1.54, 1.807) is 0 Å². The maximum atomic E-state index is 6.34. The van der Waals surface area contributed by atoms with Crippen molar-refractivity contribution in [1.82, 2.24) is 9.55 Å². The zero-order chi connectivity index (χ0) is 15.1. The molecule has 0 saturated carbocycles. The lowest BCUT2D eigenvalue weighted by atomic mass is 10.2. The molecule has 108 valence electrons. The number of hydrogen-bond acceptors (Lipinski definition) is 1. The van der Waals surface area contributed by atoms with Crippen molar-refractivity contribution in [3.8, 4) is 5.69 Å². The van der Waals surface area contributed by atoms with Crippen LogP contribution in [0.15, 0.2) is 36.4 Å². The Morgan fingerprint density at radius 1 is 1.24 bits per heavy atom. The van der Waals surface area contributed by atoms with Crippen LogP contribution in [-0.4, -0.2) is 9.55 Å². The van der Waals surface area contributed by atoms with Crippen molar-refractivity contribution in [2.45, 2.75) is 19.2 Å². The van der Waals surface area contributed by atoms with E-state index in [9.17, 15) is 0 Å². The molecule has 1 unspecified atom stereocenters. The maximum absolute atomic E-state index is 6.34. The Morgan fingerprint density at radius 3 is 2.71 bits per heavy atom. The lowest BCUT2D eigenvalue weighted by molar-refractivity contribution is 0.878. The molecule has 0 fully saturated rings. The quantitative estimate of drug-likeness (QED) is 0.366. The van der Waals surface area contributed by atoms with E-state index in [0.717, 1.165) is 36.7 Å². The van der Waals surface area contributed by atoms with Crippen LogP contribution in [0.2, 0.25) is 5.02 Å². The SMILES string of the molecule is Cc1c(Cl)cccc1-n1c(C(C)Cl)nc2cc(I)ccc21. The molecular formula is C16H13Cl2IN2. The Hall–Kier alpha value is -0.780. The molecule has 0 amide bonds. The first-order valence-corrected chi connectivity index (χ1v) is 8.46. The van der Waals surface area contributed by atoms with Crippen LogP contribution in [0.3, 0.4) is 0 Å². The first-order valence-electron chi connectivity index (χ1n) is 6.56. The summed E-state index contributed by atoms with van der Waals surface area (Å²) in [4.78, 5) is 4.70. The lowest BCUT2D eigenvalue weighted by Crippen LogP contribution is -2.04. The van der Waals surface area contributed by atoms with E-state index in [1.807, 2.05) is 32.0 Å². The highest BCUT2D eigenvalue weighted by Gasteiger charge is 2.18. The summed E-state index contributed by atoms with van der Waals surface area (Å²) in [6.45, 7) is 3.95. The summed E-state index contributed by atoms with van der Waals surface area (Å²) in [6, 6.07) is 12.1. The van der Waals surface area contributed by atoms with Gasteiger partial charge in [0.15, 0.2) is 0 Å². The van der Waals surface area contributed by atoms with E-state index in [1.165, 1.54) is 0 Å². The predicted octanol–water partition coefficient (Wildman–Crippen LogP) is 5.89. The molecule has 0 saturated heterocycles. The zero-order valence-electron chi connectivity index (χ0n) is 11.6. The smallest absolute Gasteiger partial charge is 0.132 e. The largest absolute Gasteiger partial charge is 0.295 e. The van der Waals surface area contributed by atoms with Crippen molar-refractivity contribution < 1.29 is 0 Å². The summed E-state index contributed by atoms with van der Waals surface area (Å²) in [5.41, 5.74) is 4.04. The fourth-order valence-electron chi connectivity index (χ4n) is 2.43. The normalized spacial score (nSPS) is 12.8. The first kappa shape index (κ1) is 15.1. The summed E-state index contributed by atoms with van der Waals surface area (Å²) < 4.78 is 3.26. The van der Waals surface area contributed by atoms with E-state index in [0.29, 0.717) is 0 Å². The van der Waals surface area contributed by atoms with E-state index in [-0.39, 0.29) is 5.38 Å². The van der Waals surface area contributed by atoms with Crippen LogP contribution in [0.5, 0.6) is 0 Å². The topological polar surface area (TPSA) is 17.8 Å². The zero-order valence-corrected chi connectivity index (χ0v) is 15.2. The van der Waals surface area contributed by atoms with Gasteiger partial charge in [0.1, 0.15) is 5.82 Å². The third kappa shape index (κ3) is 2.67. The minimum Gasteiger partial charge on any atom is -0.295 e. The van der Waals surface area contributed by atoms with Crippen molar-refractivity contribution in [1.29, 1.82) is 0 Å². The molecular weight excluding hydrogens is 418 g/mol. The number of nitrogens with zero attached hydrogens (tertiary/aromatic N) is 2. The standard InChI is InChI=1S/C16H13Cl2IN2/c1-9-12(18)4-3-5-14(9)21-15-7-6-11(19)8-13(15)20-16(21)10(2)17/h3-8,10H,1-2H3. The lowest BCUT2D eigenvalue weighted by Gasteiger charge is -2.14. The fourth-order valence-corrected chi connectivity index (χ4v) is 3.22. The van der Waals surface area contributed by atoms with Crippen LogP contribution in [0, 0.1) is 10.5 Å². The van der Waals surface area contributed by atoms with Gasteiger partial charge in [0.2, 0.25) is 0 Å². The van der Waals surface area contributed by atoms with Crippen molar-refractivity contribution in [2.24, 2.45) is 0 Å². The van der Waals surface area contributed by atoms with Crippen LogP contribution in [0.4, 0.5) is 0 Å². The van der Waals surface area contributed by atoms with E-state index >= 15 is 0 Å². The van der Waals surface area contributed by atoms with Gasteiger partial charge in [0.05, 0.1) is 22.1 Å². The van der Waals surface area contributed by atoms with Gasteiger partial charge in [0.25, 0.3) is 0 Å². The van der Waals surface area contributed by atoms with Crippen molar-refractivity contribution in [3.63, 3.8) is 0 Å². The van der Waals surface area contributed by atoms with Gasteiger partial charge in [-0.3, -0.25) is 4.57 Å². The second kappa shape index (κ2) is 5.78. The maximum Gasteiger partial charge on any atom is 0.132 e. The fraction of sp³-hybridized carbons (Fsp3) is 0.188. The second-order valence-electron chi connectivity index (χ2n) is 4.94. The number of alkyl halides is 1. The molecule has 0 aliphatic rings. The Balaban J connectivity index is 2.39. The van der Waals surface area contributed by atoms with Crippen LogP contribution in [0.25, 0.3) is 16.7 Å². The van der Waals surface area contributed by atoms with Gasteiger partial charge in [-0.25, -0.2) is 4.98 Å². The van der Waals surface area contributed by atoms with Crippen molar-refractivity contribution in [3.05, 3.63) is 56.4 Å². The number of imidazole rings is 1. The number of halogens is 3. The van der Waals surface area contributed by atoms with Crippen LogP contribution in [-0.2, 0) is 0 Å². The highest BCUT2D eigenvalue weighted by molar-refractivity contribution is 14.1. The number of benzene rings is 2. The van der Waals surface area contributed by atoms with Gasteiger partial charge >= 0.3 is 0 Å². The van der Waals surface area contributed by atoms with Gasteiger partial charge in [-0.15, -0.1) is 11.6 Å². The molecule has 1 aromatic heterocycles. The molecule has 21 heavy (non-hydrogen) atoms. The monoisotopic (exact) mass is 430 g/mol. The highest BCUT2D eigenvalue weighted by Crippen LogP contribution is 2.32. The second-order valence-corrected chi connectivity index (χ2v) is 7.25. The van der Waals surface area contributed by atoms with Crippen molar-refractivity contribution in [2.75, 3.05) is 0 Å². The van der Waals surface area contributed by atoms with Crippen LogP contribution < -0.4 is 0 Å². The summed E-state index contributed by atoms with van der Waals surface area (Å²) >= 11 is 14.9.